The summed E-state index contributed by atoms with van der Waals surface area (Å²) >= 11 is 0. The molecule has 2 aliphatic heterocycles. The van der Waals surface area contributed by atoms with E-state index in [-0.39, 0.29) is 12.1 Å². The Hall–Kier alpha value is -0.770. The number of β-amino-alcohol motifs (C(OH)–C–C–N with tert-alkyl or cyclic N) is 1. The lowest BCUT2D eigenvalue weighted by molar-refractivity contribution is 0.129. The fourth-order valence-corrected chi connectivity index (χ4v) is 2.48. The fraction of sp³-hybridized carbons (Fsp3) is 0.909. The Kier molecular flexibility index (Phi) is 3.14. The largest absolute Gasteiger partial charge is 0.391 e. The Labute approximate surface area is 90.9 Å². The summed E-state index contributed by atoms with van der Waals surface area (Å²) in [5.41, 5.74) is 0. The van der Waals surface area contributed by atoms with Crippen LogP contribution in [0.15, 0.2) is 0 Å². The average molecular weight is 212 g/mol. The molecule has 0 saturated carbocycles. The molecular formula is C11H20N2O2. The van der Waals surface area contributed by atoms with E-state index in [0.717, 1.165) is 25.9 Å². The SMILES string of the molecule is CC1CCCN(C(=O)N2CC[C@@H](O)C2)C1. The van der Waals surface area contributed by atoms with Gasteiger partial charge in [0, 0.05) is 26.2 Å². The van der Waals surface area contributed by atoms with Gasteiger partial charge in [0.15, 0.2) is 0 Å². The van der Waals surface area contributed by atoms with Crippen molar-refractivity contribution in [3.63, 3.8) is 0 Å². The maximum absolute atomic E-state index is 12.0. The summed E-state index contributed by atoms with van der Waals surface area (Å²) in [6.45, 7) is 5.19. The van der Waals surface area contributed by atoms with Gasteiger partial charge in [0.05, 0.1) is 6.10 Å². The van der Waals surface area contributed by atoms with Crippen LogP contribution in [0, 0.1) is 5.92 Å². The molecule has 0 spiro atoms. The second-order valence-corrected chi connectivity index (χ2v) is 4.86. The zero-order chi connectivity index (χ0) is 10.8. The van der Waals surface area contributed by atoms with Crippen LogP contribution in [0.1, 0.15) is 26.2 Å². The number of piperidine rings is 1. The smallest absolute Gasteiger partial charge is 0.320 e. The number of aliphatic hydroxyl groups excluding tert-OH is 1. The van der Waals surface area contributed by atoms with E-state index >= 15 is 0 Å². The first-order valence-electron chi connectivity index (χ1n) is 5.88. The van der Waals surface area contributed by atoms with Gasteiger partial charge in [-0.05, 0) is 25.2 Å². The fourth-order valence-electron chi connectivity index (χ4n) is 2.48. The Morgan fingerprint density at radius 3 is 2.53 bits per heavy atom. The summed E-state index contributed by atoms with van der Waals surface area (Å²) in [6, 6.07) is 0.123. The Balaban J connectivity index is 1.89. The topological polar surface area (TPSA) is 43.8 Å². The molecule has 86 valence electrons. The number of likely N-dealkylation sites (tertiary alicyclic amines) is 2. The normalized spacial score (nSPS) is 32.1. The van der Waals surface area contributed by atoms with E-state index in [9.17, 15) is 9.90 Å². The van der Waals surface area contributed by atoms with E-state index < -0.39 is 0 Å². The van der Waals surface area contributed by atoms with Crippen LogP contribution in [-0.2, 0) is 0 Å². The molecule has 2 rings (SSSR count). The summed E-state index contributed by atoms with van der Waals surface area (Å²) in [4.78, 5) is 15.7. The average Bonchev–Trinajstić information content (AvgIpc) is 2.64. The highest BCUT2D eigenvalue weighted by atomic mass is 16.3. The summed E-state index contributed by atoms with van der Waals surface area (Å²) in [7, 11) is 0. The molecule has 1 N–H and O–H groups in total. The molecule has 0 aromatic heterocycles. The van der Waals surface area contributed by atoms with Crippen molar-refractivity contribution in [3.8, 4) is 0 Å². The van der Waals surface area contributed by atoms with Gasteiger partial charge in [0.2, 0.25) is 0 Å². The van der Waals surface area contributed by atoms with Crippen molar-refractivity contribution in [3.05, 3.63) is 0 Å². The lowest BCUT2D eigenvalue weighted by Gasteiger charge is -2.33. The number of carbonyl (C=O) groups excluding carboxylic acids is 1. The minimum absolute atomic E-state index is 0.123. The first kappa shape index (κ1) is 10.7. The van der Waals surface area contributed by atoms with Gasteiger partial charge in [-0.2, -0.15) is 0 Å². The first-order chi connectivity index (χ1) is 7.16. The molecule has 1 unspecified atom stereocenters. The molecular weight excluding hydrogens is 192 g/mol. The lowest BCUT2D eigenvalue weighted by atomic mass is 10.0. The van der Waals surface area contributed by atoms with Crippen LogP contribution < -0.4 is 0 Å². The third-order valence-electron chi connectivity index (χ3n) is 3.36. The highest BCUT2D eigenvalue weighted by Gasteiger charge is 2.29. The van der Waals surface area contributed by atoms with E-state index in [1.54, 1.807) is 4.90 Å². The number of rotatable bonds is 0. The van der Waals surface area contributed by atoms with E-state index in [1.165, 1.54) is 6.42 Å². The van der Waals surface area contributed by atoms with Crippen LogP contribution in [0.25, 0.3) is 0 Å². The monoisotopic (exact) mass is 212 g/mol. The van der Waals surface area contributed by atoms with E-state index in [1.807, 2.05) is 4.90 Å². The van der Waals surface area contributed by atoms with Gasteiger partial charge in [-0.25, -0.2) is 4.79 Å². The highest BCUT2D eigenvalue weighted by molar-refractivity contribution is 5.74. The summed E-state index contributed by atoms with van der Waals surface area (Å²) in [5, 5.41) is 9.39. The summed E-state index contributed by atoms with van der Waals surface area (Å²) in [5.74, 6) is 0.621. The molecule has 2 fully saturated rings. The maximum atomic E-state index is 12.0. The van der Waals surface area contributed by atoms with Gasteiger partial charge >= 0.3 is 6.03 Å². The Morgan fingerprint density at radius 2 is 1.93 bits per heavy atom. The van der Waals surface area contributed by atoms with Crippen molar-refractivity contribution in [2.75, 3.05) is 26.2 Å². The molecule has 2 saturated heterocycles. The quantitative estimate of drug-likeness (QED) is 0.648. The molecule has 0 aliphatic carbocycles. The molecule has 0 aromatic carbocycles. The number of hydrogen-bond donors (Lipinski definition) is 1. The molecule has 4 heteroatoms. The molecule has 15 heavy (non-hydrogen) atoms. The minimum atomic E-state index is -0.309. The predicted molar refractivity (Wildman–Crippen MR) is 57.6 cm³/mol. The van der Waals surface area contributed by atoms with Gasteiger partial charge in [-0.1, -0.05) is 6.92 Å². The maximum Gasteiger partial charge on any atom is 0.320 e. The van der Waals surface area contributed by atoms with Crippen molar-refractivity contribution >= 4 is 6.03 Å². The van der Waals surface area contributed by atoms with Crippen molar-refractivity contribution in [2.45, 2.75) is 32.3 Å². The van der Waals surface area contributed by atoms with Gasteiger partial charge < -0.3 is 14.9 Å². The standard InChI is InChI=1S/C11H20N2O2/c1-9-3-2-5-12(7-9)11(15)13-6-4-10(14)8-13/h9-10,14H,2-8H2,1H3/t9?,10-/m1/s1. The highest BCUT2D eigenvalue weighted by Crippen LogP contribution is 2.19. The van der Waals surface area contributed by atoms with Crippen LogP contribution in [-0.4, -0.2) is 53.2 Å². The molecule has 0 radical (unpaired) electrons. The van der Waals surface area contributed by atoms with E-state index in [0.29, 0.717) is 19.0 Å². The number of urea groups is 1. The molecule has 0 bridgehead atoms. The molecule has 2 aliphatic rings. The zero-order valence-electron chi connectivity index (χ0n) is 9.35. The van der Waals surface area contributed by atoms with Crippen LogP contribution >= 0.6 is 0 Å². The number of amides is 2. The first-order valence-corrected chi connectivity index (χ1v) is 5.88. The molecule has 2 atom stereocenters. The number of carbonyl (C=O) groups is 1. The van der Waals surface area contributed by atoms with Crippen LogP contribution in [0.3, 0.4) is 0 Å². The molecule has 2 amide bonds. The van der Waals surface area contributed by atoms with Gasteiger partial charge in [-0.3, -0.25) is 0 Å². The number of nitrogens with zero attached hydrogens (tertiary/aromatic N) is 2. The Morgan fingerprint density at radius 1 is 1.20 bits per heavy atom. The Bertz CT molecular complexity index is 245. The lowest BCUT2D eigenvalue weighted by Crippen LogP contribution is -2.46. The van der Waals surface area contributed by atoms with Crippen LogP contribution in [0.4, 0.5) is 4.79 Å². The molecule has 0 aromatic rings. The molecule has 4 nitrogen and oxygen atoms in total. The van der Waals surface area contributed by atoms with Crippen molar-refractivity contribution < 1.29 is 9.90 Å². The third-order valence-corrected chi connectivity index (χ3v) is 3.36. The second-order valence-electron chi connectivity index (χ2n) is 4.86. The van der Waals surface area contributed by atoms with Crippen molar-refractivity contribution in [1.29, 1.82) is 0 Å². The van der Waals surface area contributed by atoms with Gasteiger partial charge in [0.25, 0.3) is 0 Å². The zero-order valence-corrected chi connectivity index (χ0v) is 9.35. The van der Waals surface area contributed by atoms with Gasteiger partial charge in [-0.15, -0.1) is 0 Å². The van der Waals surface area contributed by atoms with E-state index in [4.69, 9.17) is 0 Å². The van der Waals surface area contributed by atoms with Crippen LogP contribution in [0.2, 0.25) is 0 Å². The minimum Gasteiger partial charge on any atom is -0.391 e. The predicted octanol–water partition coefficient (Wildman–Crippen LogP) is 0.905. The van der Waals surface area contributed by atoms with Crippen LogP contribution in [0.5, 0.6) is 0 Å². The van der Waals surface area contributed by atoms with E-state index in [2.05, 4.69) is 6.92 Å². The third kappa shape index (κ3) is 2.43. The summed E-state index contributed by atoms with van der Waals surface area (Å²) < 4.78 is 0. The summed E-state index contributed by atoms with van der Waals surface area (Å²) in [6.07, 6.45) is 2.77. The van der Waals surface area contributed by atoms with Crippen molar-refractivity contribution in [2.24, 2.45) is 5.92 Å². The number of hydrogen-bond acceptors (Lipinski definition) is 2. The second kappa shape index (κ2) is 4.39. The van der Waals surface area contributed by atoms with Gasteiger partial charge in [0.1, 0.15) is 0 Å². The van der Waals surface area contributed by atoms with Crippen molar-refractivity contribution in [1.82, 2.24) is 9.80 Å². The number of aliphatic hydroxyl groups is 1. The molecule has 2 heterocycles.